The summed E-state index contributed by atoms with van der Waals surface area (Å²) < 4.78 is 26.6. The van der Waals surface area contributed by atoms with Gasteiger partial charge < -0.3 is 15.5 Å². The Bertz CT molecular complexity index is 457. The molecule has 0 bridgehead atoms. The minimum absolute atomic E-state index is 0.0340. The average Bonchev–Trinajstić information content (AvgIpc) is 3.23. The Hall–Kier alpha value is -1.53. The van der Waals surface area contributed by atoms with Gasteiger partial charge in [-0.3, -0.25) is 4.79 Å². The normalized spacial score (nSPS) is 14.6. The van der Waals surface area contributed by atoms with E-state index in [-0.39, 0.29) is 6.54 Å². The second-order valence-electron chi connectivity index (χ2n) is 5.03. The van der Waals surface area contributed by atoms with E-state index in [4.69, 9.17) is 0 Å². The van der Waals surface area contributed by atoms with Crippen molar-refractivity contribution in [3.63, 3.8) is 0 Å². The molecule has 0 unspecified atom stereocenters. The van der Waals surface area contributed by atoms with Gasteiger partial charge in [-0.25, -0.2) is 8.78 Å². The molecule has 0 aliphatic heterocycles. The van der Waals surface area contributed by atoms with E-state index in [9.17, 15) is 13.6 Å². The summed E-state index contributed by atoms with van der Waals surface area (Å²) in [6, 6.07) is 4.15. The smallest absolute Gasteiger partial charge is 0.238 e. The van der Waals surface area contributed by atoms with Crippen LogP contribution in [-0.2, 0) is 4.79 Å². The van der Waals surface area contributed by atoms with Crippen molar-refractivity contribution < 1.29 is 13.6 Å². The Morgan fingerprint density at radius 1 is 1.35 bits per heavy atom. The molecule has 0 spiro atoms. The lowest BCUT2D eigenvalue weighted by molar-refractivity contribution is -0.115. The van der Waals surface area contributed by atoms with Gasteiger partial charge in [0.1, 0.15) is 17.3 Å². The Kier molecular flexibility index (Phi) is 5.03. The SMILES string of the molecule is CN(CCNCC(=O)Nc1c(F)cccc1F)C1CC1. The van der Waals surface area contributed by atoms with E-state index in [2.05, 4.69) is 15.5 Å². The van der Waals surface area contributed by atoms with Crippen LogP contribution in [0.5, 0.6) is 0 Å². The number of nitrogens with one attached hydrogen (secondary N) is 2. The fourth-order valence-electron chi connectivity index (χ4n) is 1.96. The predicted octanol–water partition coefficient (Wildman–Crippen LogP) is 1.59. The summed E-state index contributed by atoms with van der Waals surface area (Å²) in [5.74, 6) is -2.00. The minimum Gasteiger partial charge on any atom is -0.320 e. The number of carbonyl (C=O) groups excluding carboxylic acids is 1. The summed E-state index contributed by atoms with van der Waals surface area (Å²) in [4.78, 5) is 13.8. The van der Waals surface area contributed by atoms with Crippen molar-refractivity contribution in [1.82, 2.24) is 10.2 Å². The molecule has 6 heteroatoms. The first-order valence-corrected chi connectivity index (χ1v) is 6.72. The topological polar surface area (TPSA) is 44.4 Å². The van der Waals surface area contributed by atoms with Crippen LogP contribution in [0.4, 0.5) is 14.5 Å². The lowest BCUT2D eigenvalue weighted by Crippen LogP contribution is -2.35. The molecular formula is C14H19F2N3O. The predicted molar refractivity (Wildman–Crippen MR) is 73.5 cm³/mol. The maximum Gasteiger partial charge on any atom is 0.238 e. The van der Waals surface area contributed by atoms with Gasteiger partial charge in [0.15, 0.2) is 0 Å². The van der Waals surface area contributed by atoms with Gasteiger partial charge in [0.2, 0.25) is 5.91 Å². The van der Waals surface area contributed by atoms with E-state index in [1.54, 1.807) is 0 Å². The molecule has 1 saturated carbocycles. The quantitative estimate of drug-likeness (QED) is 0.747. The number of amides is 1. The zero-order chi connectivity index (χ0) is 14.5. The van der Waals surface area contributed by atoms with Gasteiger partial charge in [0.05, 0.1) is 6.54 Å². The van der Waals surface area contributed by atoms with Crippen molar-refractivity contribution >= 4 is 11.6 Å². The third kappa shape index (κ3) is 4.25. The van der Waals surface area contributed by atoms with Crippen LogP contribution in [0.3, 0.4) is 0 Å². The Morgan fingerprint density at radius 3 is 2.60 bits per heavy atom. The molecule has 1 aliphatic carbocycles. The molecule has 1 fully saturated rings. The standard InChI is InChI=1S/C14H19F2N3O/c1-19(10-5-6-10)8-7-17-9-13(20)18-14-11(15)3-2-4-12(14)16/h2-4,10,17H,5-9H2,1H3,(H,18,20). The highest BCUT2D eigenvalue weighted by Gasteiger charge is 2.25. The number of nitrogens with zero attached hydrogens (tertiary/aromatic N) is 1. The van der Waals surface area contributed by atoms with Gasteiger partial charge in [-0.1, -0.05) is 6.07 Å². The molecule has 0 heterocycles. The van der Waals surface area contributed by atoms with Crippen molar-refractivity contribution in [2.75, 3.05) is 32.0 Å². The first-order valence-electron chi connectivity index (χ1n) is 6.72. The number of rotatable bonds is 7. The lowest BCUT2D eigenvalue weighted by atomic mass is 10.3. The molecule has 2 N–H and O–H groups in total. The zero-order valence-electron chi connectivity index (χ0n) is 11.5. The van der Waals surface area contributed by atoms with Crippen LogP contribution >= 0.6 is 0 Å². The van der Waals surface area contributed by atoms with Crippen LogP contribution in [0.25, 0.3) is 0 Å². The summed E-state index contributed by atoms with van der Waals surface area (Å²) in [6.07, 6.45) is 2.48. The first-order chi connectivity index (χ1) is 9.58. The molecule has 20 heavy (non-hydrogen) atoms. The largest absolute Gasteiger partial charge is 0.320 e. The fraction of sp³-hybridized carbons (Fsp3) is 0.500. The van der Waals surface area contributed by atoms with Crippen LogP contribution in [0.15, 0.2) is 18.2 Å². The Morgan fingerprint density at radius 2 is 2.00 bits per heavy atom. The van der Waals surface area contributed by atoms with E-state index < -0.39 is 23.2 Å². The van der Waals surface area contributed by atoms with E-state index in [0.717, 1.165) is 18.7 Å². The molecule has 0 saturated heterocycles. The molecular weight excluding hydrogens is 264 g/mol. The highest BCUT2D eigenvalue weighted by molar-refractivity contribution is 5.92. The highest BCUT2D eigenvalue weighted by atomic mass is 19.1. The highest BCUT2D eigenvalue weighted by Crippen LogP contribution is 2.24. The van der Waals surface area contributed by atoms with E-state index >= 15 is 0 Å². The molecule has 4 nitrogen and oxygen atoms in total. The summed E-state index contributed by atoms with van der Waals surface area (Å²) >= 11 is 0. The Balaban J connectivity index is 1.69. The monoisotopic (exact) mass is 283 g/mol. The minimum atomic E-state index is -0.771. The van der Waals surface area contributed by atoms with Gasteiger partial charge in [0, 0.05) is 19.1 Å². The Labute approximate surface area is 117 Å². The summed E-state index contributed by atoms with van der Waals surface area (Å²) in [6.45, 7) is 1.55. The first kappa shape index (κ1) is 14.9. The zero-order valence-corrected chi connectivity index (χ0v) is 11.5. The van der Waals surface area contributed by atoms with Gasteiger partial charge in [-0.2, -0.15) is 0 Å². The molecule has 1 aromatic carbocycles. The number of likely N-dealkylation sites (N-methyl/N-ethyl adjacent to an activating group) is 1. The molecule has 1 aromatic rings. The van der Waals surface area contributed by atoms with Gasteiger partial charge in [-0.05, 0) is 32.0 Å². The van der Waals surface area contributed by atoms with Crippen molar-refractivity contribution in [3.8, 4) is 0 Å². The average molecular weight is 283 g/mol. The maximum atomic E-state index is 13.3. The molecule has 2 rings (SSSR count). The maximum absolute atomic E-state index is 13.3. The molecule has 0 atom stereocenters. The molecule has 110 valence electrons. The third-order valence-corrected chi connectivity index (χ3v) is 3.32. The summed E-state index contributed by atoms with van der Waals surface area (Å²) in [5, 5.41) is 5.20. The van der Waals surface area contributed by atoms with Crippen molar-refractivity contribution in [2.45, 2.75) is 18.9 Å². The van der Waals surface area contributed by atoms with E-state index in [1.165, 1.54) is 18.9 Å². The van der Waals surface area contributed by atoms with Crippen LogP contribution in [-0.4, -0.2) is 43.5 Å². The van der Waals surface area contributed by atoms with Crippen LogP contribution in [0.1, 0.15) is 12.8 Å². The van der Waals surface area contributed by atoms with Gasteiger partial charge in [0.25, 0.3) is 0 Å². The summed E-state index contributed by atoms with van der Waals surface area (Å²) in [7, 11) is 2.05. The second-order valence-corrected chi connectivity index (χ2v) is 5.03. The van der Waals surface area contributed by atoms with Crippen LogP contribution in [0, 0.1) is 11.6 Å². The number of hydrogen-bond acceptors (Lipinski definition) is 3. The fourth-order valence-corrected chi connectivity index (χ4v) is 1.96. The number of halogens is 2. The molecule has 0 radical (unpaired) electrons. The van der Waals surface area contributed by atoms with Crippen LogP contribution in [0.2, 0.25) is 0 Å². The lowest BCUT2D eigenvalue weighted by Gasteiger charge is -2.15. The van der Waals surface area contributed by atoms with Gasteiger partial charge in [-0.15, -0.1) is 0 Å². The second kappa shape index (κ2) is 6.76. The number of hydrogen-bond donors (Lipinski definition) is 2. The molecule has 1 amide bonds. The molecule has 1 aliphatic rings. The van der Waals surface area contributed by atoms with E-state index in [0.29, 0.717) is 12.6 Å². The van der Waals surface area contributed by atoms with Gasteiger partial charge >= 0.3 is 0 Å². The van der Waals surface area contributed by atoms with Crippen molar-refractivity contribution in [3.05, 3.63) is 29.8 Å². The molecule has 0 aromatic heterocycles. The van der Waals surface area contributed by atoms with Crippen molar-refractivity contribution in [1.29, 1.82) is 0 Å². The van der Waals surface area contributed by atoms with Crippen molar-refractivity contribution in [2.24, 2.45) is 0 Å². The summed E-state index contributed by atoms with van der Waals surface area (Å²) in [5.41, 5.74) is -0.394. The number of para-hydroxylation sites is 1. The third-order valence-electron chi connectivity index (χ3n) is 3.32. The number of benzene rings is 1. The van der Waals surface area contributed by atoms with Crippen LogP contribution < -0.4 is 10.6 Å². The number of carbonyl (C=O) groups is 1. The van der Waals surface area contributed by atoms with E-state index in [1.807, 2.05) is 7.05 Å². The number of anilines is 1.